The molecule has 2 heterocycles. The summed E-state index contributed by atoms with van der Waals surface area (Å²) in [6, 6.07) is 7.39. The fraction of sp³-hybridized carbons (Fsp3) is 0.200. The molecule has 102 valence electrons. The average Bonchev–Trinajstić information content (AvgIpc) is 2.67. The molecule has 0 saturated heterocycles. The van der Waals surface area contributed by atoms with Crippen molar-refractivity contribution in [1.82, 2.24) is 9.97 Å². The molecule has 0 N–H and O–H groups in total. The summed E-state index contributed by atoms with van der Waals surface area (Å²) in [5.74, 6) is 1.88. The van der Waals surface area contributed by atoms with E-state index in [0.29, 0.717) is 22.5 Å². The summed E-state index contributed by atoms with van der Waals surface area (Å²) in [6.45, 7) is 6.01. The number of nitrogens with zero attached hydrogens (tertiary/aromatic N) is 2. The average molecular weight is 305 g/mol. The van der Waals surface area contributed by atoms with Crippen molar-refractivity contribution in [1.29, 1.82) is 0 Å². The Morgan fingerprint density at radius 1 is 1.10 bits per heavy atom. The summed E-state index contributed by atoms with van der Waals surface area (Å²) in [5.41, 5.74) is 1.16. The Morgan fingerprint density at radius 2 is 1.85 bits per heavy atom. The summed E-state index contributed by atoms with van der Waals surface area (Å²) in [5, 5.41) is 1.54. The van der Waals surface area contributed by atoms with E-state index in [1.165, 1.54) is 4.88 Å². The van der Waals surface area contributed by atoms with Crippen molar-refractivity contribution in [2.45, 2.75) is 20.8 Å². The number of fused-ring (bicyclic) bond motifs is 1. The maximum atomic E-state index is 6.14. The molecule has 0 aliphatic carbocycles. The number of para-hydroxylation sites is 1. The molecular weight excluding hydrogens is 292 g/mol. The maximum absolute atomic E-state index is 6.14. The predicted molar refractivity (Wildman–Crippen MR) is 83.2 cm³/mol. The van der Waals surface area contributed by atoms with Gasteiger partial charge in [0.15, 0.2) is 0 Å². The summed E-state index contributed by atoms with van der Waals surface area (Å²) < 4.78 is 5.92. The topological polar surface area (TPSA) is 35.0 Å². The Morgan fingerprint density at radius 3 is 2.60 bits per heavy atom. The molecule has 0 saturated carbocycles. The molecule has 0 aliphatic rings. The second-order valence-electron chi connectivity index (χ2n) is 4.57. The van der Waals surface area contributed by atoms with Crippen LogP contribution >= 0.6 is 22.9 Å². The molecule has 3 rings (SSSR count). The van der Waals surface area contributed by atoms with Crippen molar-refractivity contribution in [3.63, 3.8) is 0 Å². The molecule has 0 radical (unpaired) electrons. The summed E-state index contributed by atoms with van der Waals surface area (Å²) in [6.07, 6.45) is 0. The van der Waals surface area contributed by atoms with Gasteiger partial charge in [-0.2, -0.15) is 4.98 Å². The van der Waals surface area contributed by atoms with Gasteiger partial charge >= 0.3 is 0 Å². The molecule has 0 spiro atoms. The van der Waals surface area contributed by atoms with Gasteiger partial charge in [0.1, 0.15) is 16.4 Å². The third kappa shape index (κ3) is 2.25. The number of thiophene rings is 1. The quantitative estimate of drug-likeness (QED) is 0.663. The lowest BCUT2D eigenvalue weighted by atomic mass is 10.2. The molecule has 2 aromatic heterocycles. The largest absolute Gasteiger partial charge is 0.437 e. The van der Waals surface area contributed by atoms with Crippen LogP contribution in [0.5, 0.6) is 11.6 Å². The molecule has 3 aromatic rings. The number of hydrogen-bond donors (Lipinski definition) is 0. The van der Waals surface area contributed by atoms with Gasteiger partial charge in [0.25, 0.3) is 0 Å². The van der Waals surface area contributed by atoms with Crippen LogP contribution in [0.15, 0.2) is 24.3 Å². The van der Waals surface area contributed by atoms with Crippen molar-refractivity contribution in [2.24, 2.45) is 0 Å². The minimum atomic E-state index is 0.571. The van der Waals surface area contributed by atoms with Crippen LogP contribution in [0.4, 0.5) is 0 Å². The highest BCUT2D eigenvalue weighted by Gasteiger charge is 2.15. The van der Waals surface area contributed by atoms with Crippen LogP contribution < -0.4 is 4.74 Å². The zero-order valence-corrected chi connectivity index (χ0v) is 13.0. The maximum Gasteiger partial charge on any atom is 0.231 e. The zero-order valence-electron chi connectivity index (χ0n) is 11.4. The van der Waals surface area contributed by atoms with Gasteiger partial charge in [-0.1, -0.05) is 23.7 Å². The van der Waals surface area contributed by atoms with Crippen LogP contribution in [0.2, 0.25) is 5.02 Å². The molecule has 0 fully saturated rings. The molecule has 0 unspecified atom stereocenters. The van der Waals surface area contributed by atoms with Gasteiger partial charge in [-0.25, -0.2) is 4.98 Å². The van der Waals surface area contributed by atoms with E-state index in [0.717, 1.165) is 15.8 Å². The van der Waals surface area contributed by atoms with Crippen LogP contribution in [0, 0.1) is 20.8 Å². The number of halogens is 1. The first-order valence-corrected chi connectivity index (χ1v) is 7.42. The van der Waals surface area contributed by atoms with Gasteiger partial charge in [0.2, 0.25) is 5.88 Å². The van der Waals surface area contributed by atoms with Crippen molar-refractivity contribution in [2.75, 3.05) is 0 Å². The minimum absolute atomic E-state index is 0.571. The molecule has 0 bridgehead atoms. The first kappa shape index (κ1) is 13.3. The van der Waals surface area contributed by atoms with E-state index >= 15 is 0 Å². The molecule has 0 aliphatic heterocycles. The van der Waals surface area contributed by atoms with E-state index < -0.39 is 0 Å². The highest BCUT2D eigenvalue weighted by Crippen LogP contribution is 2.37. The van der Waals surface area contributed by atoms with E-state index in [4.69, 9.17) is 16.3 Å². The molecular formula is C15H13ClN2OS. The third-order valence-electron chi connectivity index (χ3n) is 3.15. The van der Waals surface area contributed by atoms with E-state index in [1.807, 2.05) is 25.1 Å². The molecule has 0 atom stereocenters. The summed E-state index contributed by atoms with van der Waals surface area (Å²) in [7, 11) is 0. The van der Waals surface area contributed by atoms with Gasteiger partial charge in [-0.05, 0) is 38.5 Å². The summed E-state index contributed by atoms with van der Waals surface area (Å²) in [4.78, 5) is 11.1. The zero-order chi connectivity index (χ0) is 14.3. The van der Waals surface area contributed by atoms with Crippen molar-refractivity contribution >= 4 is 33.2 Å². The number of hydrogen-bond acceptors (Lipinski definition) is 4. The number of rotatable bonds is 2. The molecule has 3 nitrogen and oxygen atoms in total. The molecule has 0 amide bonds. The van der Waals surface area contributed by atoms with Gasteiger partial charge < -0.3 is 4.74 Å². The van der Waals surface area contributed by atoms with Crippen LogP contribution in [-0.4, -0.2) is 9.97 Å². The Bertz CT molecular complexity index is 798. The highest BCUT2D eigenvalue weighted by atomic mass is 35.5. The van der Waals surface area contributed by atoms with E-state index in [-0.39, 0.29) is 0 Å². The van der Waals surface area contributed by atoms with Crippen molar-refractivity contribution in [3.8, 4) is 11.6 Å². The highest BCUT2D eigenvalue weighted by molar-refractivity contribution is 7.18. The monoisotopic (exact) mass is 304 g/mol. The Hall–Kier alpha value is -1.65. The lowest BCUT2D eigenvalue weighted by molar-refractivity contribution is 0.467. The number of benzene rings is 1. The first-order chi connectivity index (χ1) is 9.56. The third-order valence-corrected chi connectivity index (χ3v) is 4.56. The fourth-order valence-corrected chi connectivity index (χ4v) is 3.26. The molecule has 5 heteroatoms. The molecule has 20 heavy (non-hydrogen) atoms. The Labute approximate surface area is 126 Å². The van der Waals surface area contributed by atoms with E-state index in [9.17, 15) is 0 Å². The lowest BCUT2D eigenvalue weighted by Gasteiger charge is -2.08. The number of ether oxygens (including phenoxy) is 1. The Kier molecular flexibility index (Phi) is 3.36. The fourth-order valence-electron chi connectivity index (χ4n) is 2.02. The SMILES string of the molecule is Cc1nc(Oc2ccccc2Cl)c2c(C)c(C)sc2n1. The lowest BCUT2D eigenvalue weighted by Crippen LogP contribution is -1.94. The molecule has 1 aromatic carbocycles. The van der Waals surface area contributed by atoms with Gasteiger partial charge in [0, 0.05) is 4.88 Å². The van der Waals surface area contributed by atoms with Gasteiger partial charge in [0.05, 0.1) is 10.4 Å². The number of aromatic nitrogens is 2. The number of aryl methyl sites for hydroxylation is 3. The van der Waals surface area contributed by atoms with Crippen molar-refractivity contribution in [3.05, 3.63) is 45.6 Å². The van der Waals surface area contributed by atoms with Crippen LogP contribution in [0.1, 0.15) is 16.3 Å². The van der Waals surface area contributed by atoms with Crippen LogP contribution in [0.3, 0.4) is 0 Å². The van der Waals surface area contributed by atoms with Crippen LogP contribution in [0.25, 0.3) is 10.2 Å². The standard InChI is InChI=1S/C15H13ClN2OS/c1-8-9(2)20-15-13(8)14(17-10(3)18-15)19-12-7-5-4-6-11(12)16/h4-7H,1-3H3. The second kappa shape index (κ2) is 5.04. The van der Waals surface area contributed by atoms with Crippen molar-refractivity contribution < 1.29 is 4.74 Å². The first-order valence-electron chi connectivity index (χ1n) is 6.23. The smallest absolute Gasteiger partial charge is 0.231 e. The summed E-state index contributed by atoms with van der Waals surface area (Å²) >= 11 is 7.80. The van der Waals surface area contributed by atoms with E-state index in [2.05, 4.69) is 23.8 Å². The normalized spacial score (nSPS) is 11.0. The Balaban J connectivity index is 2.18. The predicted octanol–water partition coefficient (Wildman–Crippen LogP) is 5.06. The van der Waals surface area contributed by atoms with Gasteiger partial charge in [-0.3, -0.25) is 0 Å². The van der Waals surface area contributed by atoms with Gasteiger partial charge in [-0.15, -0.1) is 11.3 Å². The van der Waals surface area contributed by atoms with E-state index in [1.54, 1.807) is 17.4 Å². The minimum Gasteiger partial charge on any atom is -0.437 e. The second-order valence-corrected chi connectivity index (χ2v) is 6.18. The van der Waals surface area contributed by atoms with Crippen LogP contribution in [-0.2, 0) is 0 Å².